The van der Waals surface area contributed by atoms with Crippen LogP contribution in [0.25, 0.3) is 10.8 Å². The van der Waals surface area contributed by atoms with E-state index in [-0.39, 0.29) is 44.6 Å². The molecular formula is C36H41FN10O5. The summed E-state index contributed by atoms with van der Waals surface area (Å²) in [4.78, 5) is 79.3. The molecule has 0 unspecified atom stereocenters. The number of imidazole rings is 1. The van der Waals surface area contributed by atoms with Crippen molar-refractivity contribution in [2.75, 3.05) is 13.1 Å². The third kappa shape index (κ3) is 10.6. The van der Waals surface area contributed by atoms with E-state index in [4.69, 9.17) is 11.5 Å². The SMILES string of the molecule is NC(N)=NCCC[C@@H]1NC(=O)CNC(=O)[C@H](Cc2ccc3ccccc3c2)NC(=O)[C@H](Cc2cnc[nH]2)NC(=O)[C@@H](Cc2ccc(F)cc2)NC1=O. The second-order valence-corrected chi connectivity index (χ2v) is 12.5. The Morgan fingerprint density at radius 3 is 2.02 bits per heavy atom. The number of H-pyrrole nitrogens is 1. The van der Waals surface area contributed by atoms with Crippen LogP contribution < -0.4 is 38.1 Å². The van der Waals surface area contributed by atoms with Crippen molar-refractivity contribution < 1.29 is 28.4 Å². The molecule has 5 amide bonds. The molecule has 52 heavy (non-hydrogen) atoms. The summed E-state index contributed by atoms with van der Waals surface area (Å²) in [5, 5.41) is 15.3. The zero-order valence-corrected chi connectivity index (χ0v) is 28.2. The van der Waals surface area contributed by atoms with Gasteiger partial charge in [0.05, 0.1) is 12.9 Å². The highest BCUT2D eigenvalue weighted by atomic mass is 19.1. The number of hydrogen-bond acceptors (Lipinski definition) is 7. The molecule has 1 aromatic heterocycles. The molecule has 0 aliphatic carbocycles. The standard InChI is InChI=1S/C36H41FN10O5/c37-25-11-8-21(9-12-25)15-29-34(51)47-30(17-26-18-40-20-43-26)35(52)45-28(16-22-7-10-23-4-1-2-5-24(23)14-22)32(49)42-19-31(48)44-27(33(50)46-29)6-3-13-41-36(38)39/h1-2,4-5,7-12,14,18,20,27-30H,3,6,13,15-17,19H2,(H,40,43)(H,42,49)(H,44,48)(H,45,52)(H,46,50)(H,47,51)(H4,38,39,41)/t27-,28-,29+,30-/m0/s1. The molecule has 1 saturated heterocycles. The molecule has 15 nitrogen and oxygen atoms in total. The fraction of sp³-hybridized carbons (Fsp3) is 0.306. The van der Waals surface area contributed by atoms with Gasteiger partial charge < -0.3 is 43.0 Å². The molecule has 0 radical (unpaired) electrons. The number of benzene rings is 3. The van der Waals surface area contributed by atoms with Gasteiger partial charge in [-0.3, -0.25) is 29.0 Å². The average Bonchev–Trinajstić information content (AvgIpc) is 3.64. The molecular weight excluding hydrogens is 671 g/mol. The lowest BCUT2D eigenvalue weighted by Crippen LogP contribution is -2.58. The van der Waals surface area contributed by atoms with E-state index < -0.39 is 66.1 Å². The fourth-order valence-electron chi connectivity index (χ4n) is 5.83. The molecule has 1 fully saturated rings. The van der Waals surface area contributed by atoms with Gasteiger partial charge in [-0.2, -0.15) is 0 Å². The predicted molar refractivity (Wildman–Crippen MR) is 191 cm³/mol. The minimum atomic E-state index is -1.26. The van der Waals surface area contributed by atoms with Crippen LogP contribution in [0.2, 0.25) is 0 Å². The zero-order valence-electron chi connectivity index (χ0n) is 28.2. The molecule has 4 atom stereocenters. The first kappa shape index (κ1) is 36.9. The third-order valence-electron chi connectivity index (χ3n) is 8.50. The van der Waals surface area contributed by atoms with Gasteiger partial charge in [-0.1, -0.05) is 54.6 Å². The molecule has 0 bridgehead atoms. The van der Waals surface area contributed by atoms with E-state index in [1.165, 1.54) is 36.8 Å². The minimum Gasteiger partial charge on any atom is -0.370 e. The van der Waals surface area contributed by atoms with E-state index in [0.29, 0.717) is 11.3 Å². The molecule has 10 N–H and O–H groups in total. The largest absolute Gasteiger partial charge is 0.370 e. The van der Waals surface area contributed by atoms with Crippen LogP contribution in [0.4, 0.5) is 4.39 Å². The second kappa shape index (κ2) is 17.6. The van der Waals surface area contributed by atoms with Gasteiger partial charge in [0.25, 0.3) is 0 Å². The normalized spacial score (nSPS) is 20.4. The molecule has 4 aromatic rings. The van der Waals surface area contributed by atoms with Crippen LogP contribution in [0.15, 0.2) is 84.2 Å². The summed E-state index contributed by atoms with van der Waals surface area (Å²) in [6.07, 6.45) is 3.25. The maximum Gasteiger partial charge on any atom is 0.243 e. The van der Waals surface area contributed by atoms with Crippen molar-refractivity contribution >= 4 is 46.3 Å². The van der Waals surface area contributed by atoms with Gasteiger partial charge >= 0.3 is 0 Å². The number of aromatic amines is 1. The van der Waals surface area contributed by atoms with Crippen molar-refractivity contribution in [2.24, 2.45) is 16.5 Å². The summed E-state index contributed by atoms with van der Waals surface area (Å²) in [7, 11) is 0. The number of guanidine groups is 1. The first-order valence-corrected chi connectivity index (χ1v) is 16.8. The smallest absolute Gasteiger partial charge is 0.243 e. The van der Waals surface area contributed by atoms with Crippen molar-refractivity contribution in [3.05, 3.63) is 102 Å². The first-order valence-electron chi connectivity index (χ1n) is 16.8. The van der Waals surface area contributed by atoms with Crippen LogP contribution in [0.5, 0.6) is 0 Å². The number of aromatic nitrogens is 2. The number of hydrogen-bond donors (Lipinski definition) is 8. The Kier molecular flexibility index (Phi) is 12.5. The Morgan fingerprint density at radius 1 is 0.731 bits per heavy atom. The lowest BCUT2D eigenvalue weighted by Gasteiger charge is -2.26. The maximum absolute atomic E-state index is 14.0. The summed E-state index contributed by atoms with van der Waals surface area (Å²) < 4.78 is 13.7. The molecule has 3 aromatic carbocycles. The molecule has 0 saturated carbocycles. The van der Waals surface area contributed by atoms with E-state index in [0.717, 1.165) is 16.3 Å². The summed E-state index contributed by atoms with van der Waals surface area (Å²) in [6.45, 7) is -0.341. The number of halogens is 1. The van der Waals surface area contributed by atoms with Gasteiger partial charge in [0.15, 0.2) is 5.96 Å². The Bertz CT molecular complexity index is 1910. The van der Waals surface area contributed by atoms with Gasteiger partial charge in [0.2, 0.25) is 29.5 Å². The van der Waals surface area contributed by atoms with Crippen molar-refractivity contribution in [2.45, 2.75) is 56.3 Å². The van der Waals surface area contributed by atoms with Crippen molar-refractivity contribution in [3.63, 3.8) is 0 Å². The topological polar surface area (TPSA) is 239 Å². The van der Waals surface area contributed by atoms with Crippen LogP contribution >= 0.6 is 0 Å². The Hall–Kier alpha value is -6.32. The number of nitrogens with one attached hydrogen (secondary N) is 6. The van der Waals surface area contributed by atoms with Gasteiger partial charge in [0, 0.05) is 37.7 Å². The highest BCUT2D eigenvalue weighted by Gasteiger charge is 2.33. The monoisotopic (exact) mass is 712 g/mol. The van der Waals surface area contributed by atoms with Gasteiger partial charge in [0.1, 0.15) is 30.0 Å². The summed E-state index contributed by atoms with van der Waals surface area (Å²) in [5.74, 6) is -4.08. The van der Waals surface area contributed by atoms with Crippen LogP contribution in [-0.4, -0.2) is 82.7 Å². The highest BCUT2D eigenvalue weighted by molar-refractivity contribution is 5.97. The van der Waals surface area contributed by atoms with Gasteiger partial charge in [-0.15, -0.1) is 0 Å². The molecule has 272 valence electrons. The second-order valence-electron chi connectivity index (χ2n) is 12.5. The molecule has 16 heteroatoms. The summed E-state index contributed by atoms with van der Waals surface area (Å²) >= 11 is 0. The molecule has 2 heterocycles. The van der Waals surface area contributed by atoms with Crippen LogP contribution in [-0.2, 0) is 43.2 Å². The van der Waals surface area contributed by atoms with Crippen molar-refractivity contribution in [1.29, 1.82) is 0 Å². The fourth-order valence-corrected chi connectivity index (χ4v) is 5.83. The number of carbonyl (C=O) groups excluding carboxylic acids is 5. The van der Waals surface area contributed by atoms with Gasteiger partial charge in [-0.25, -0.2) is 9.37 Å². The third-order valence-corrected chi connectivity index (χ3v) is 8.50. The van der Waals surface area contributed by atoms with E-state index in [2.05, 4.69) is 41.5 Å². The molecule has 1 aliphatic rings. The number of nitrogens with zero attached hydrogens (tertiary/aromatic N) is 2. The van der Waals surface area contributed by atoms with E-state index in [9.17, 15) is 28.4 Å². The average molecular weight is 713 g/mol. The van der Waals surface area contributed by atoms with E-state index >= 15 is 0 Å². The Labute approximate surface area is 298 Å². The summed E-state index contributed by atoms with van der Waals surface area (Å²) in [5.41, 5.74) is 12.6. The highest BCUT2D eigenvalue weighted by Crippen LogP contribution is 2.17. The number of fused-ring (bicyclic) bond motifs is 1. The van der Waals surface area contributed by atoms with E-state index in [1.54, 1.807) is 0 Å². The number of rotatable bonds is 10. The maximum atomic E-state index is 14.0. The minimum absolute atomic E-state index is 0.0352. The van der Waals surface area contributed by atoms with Crippen molar-refractivity contribution in [1.82, 2.24) is 36.6 Å². The van der Waals surface area contributed by atoms with Crippen molar-refractivity contribution in [3.8, 4) is 0 Å². The lowest BCUT2D eigenvalue weighted by molar-refractivity contribution is -0.134. The van der Waals surface area contributed by atoms with E-state index in [1.807, 2.05) is 42.5 Å². The number of aliphatic imine (C=N–C) groups is 1. The Balaban J connectivity index is 1.47. The molecule has 1 aliphatic heterocycles. The quantitative estimate of drug-likeness (QED) is 0.0624. The first-order chi connectivity index (χ1) is 25.0. The van der Waals surface area contributed by atoms with Crippen LogP contribution in [0.3, 0.4) is 0 Å². The van der Waals surface area contributed by atoms with Crippen LogP contribution in [0.1, 0.15) is 29.7 Å². The zero-order chi connectivity index (χ0) is 37.0. The number of carbonyl (C=O) groups is 5. The van der Waals surface area contributed by atoms with Crippen LogP contribution in [0, 0.1) is 5.82 Å². The molecule has 5 rings (SSSR count). The number of amides is 5. The number of nitrogens with two attached hydrogens (primary N) is 2. The summed E-state index contributed by atoms with van der Waals surface area (Å²) in [6, 6.07) is 14.0. The molecule has 0 spiro atoms. The van der Waals surface area contributed by atoms with Gasteiger partial charge in [-0.05, 0) is 46.9 Å². The lowest BCUT2D eigenvalue weighted by atomic mass is 10.00. The predicted octanol–water partition coefficient (Wildman–Crippen LogP) is -0.147. The Morgan fingerprint density at radius 2 is 1.35 bits per heavy atom.